The molecule has 0 aliphatic heterocycles. The molecule has 0 saturated carbocycles. The highest BCUT2D eigenvalue weighted by atomic mass is 15.1. The standard InChI is InChI=1S/C17H23N3/c1-4-16(18-12-14-8-6-5-7-9-14)15-10-11-17(19-13-15)20(2)3/h5-11,13,16,18H,4,12H2,1-3H3. The molecule has 2 rings (SSSR count). The Kier molecular flexibility index (Phi) is 5.13. The average molecular weight is 269 g/mol. The van der Waals surface area contributed by atoms with Crippen LogP contribution in [-0.2, 0) is 6.54 Å². The minimum absolute atomic E-state index is 0.346. The predicted octanol–water partition coefficient (Wildman–Crippen LogP) is 3.39. The van der Waals surface area contributed by atoms with E-state index < -0.39 is 0 Å². The molecule has 1 aromatic heterocycles. The van der Waals surface area contributed by atoms with Crippen molar-refractivity contribution < 1.29 is 0 Å². The molecule has 106 valence electrons. The van der Waals surface area contributed by atoms with Gasteiger partial charge in [-0.15, -0.1) is 0 Å². The van der Waals surface area contributed by atoms with Crippen LogP contribution in [0.15, 0.2) is 48.7 Å². The maximum atomic E-state index is 4.49. The van der Waals surface area contributed by atoms with Gasteiger partial charge in [-0.2, -0.15) is 0 Å². The predicted molar refractivity (Wildman–Crippen MR) is 84.9 cm³/mol. The molecule has 0 saturated heterocycles. The van der Waals surface area contributed by atoms with Crippen LogP contribution in [0, 0.1) is 0 Å². The third-order valence-corrected chi connectivity index (χ3v) is 3.43. The first kappa shape index (κ1) is 14.5. The highest BCUT2D eigenvalue weighted by Crippen LogP contribution is 2.18. The number of nitrogens with one attached hydrogen (secondary N) is 1. The van der Waals surface area contributed by atoms with Gasteiger partial charge in [-0.05, 0) is 23.6 Å². The molecule has 20 heavy (non-hydrogen) atoms. The summed E-state index contributed by atoms with van der Waals surface area (Å²) in [5, 5.41) is 3.60. The summed E-state index contributed by atoms with van der Waals surface area (Å²) < 4.78 is 0. The van der Waals surface area contributed by atoms with Crippen LogP contribution in [0.25, 0.3) is 0 Å². The summed E-state index contributed by atoms with van der Waals surface area (Å²) in [6.45, 7) is 3.08. The first-order chi connectivity index (χ1) is 9.70. The van der Waals surface area contributed by atoms with Crippen LogP contribution in [0.5, 0.6) is 0 Å². The van der Waals surface area contributed by atoms with Gasteiger partial charge in [-0.1, -0.05) is 43.3 Å². The maximum Gasteiger partial charge on any atom is 0.127 e. The highest BCUT2D eigenvalue weighted by molar-refractivity contribution is 5.37. The highest BCUT2D eigenvalue weighted by Gasteiger charge is 2.09. The van der Waals surface area contributed by atoms with Crippen LogP contribution in [0.2, 0.25) is 0 Å². The fourth-order valence-corrected chi connectivity index (χ4v) is 2.20. The van der Waals surface area contributed by atoms with Crippen LogP contribution in [0.3, 0.4) is 0 Å². The molecule has 2 aromatic rings. The summed E-state index contributed by atoms with van der Waals surface area (Å²) in [6, 6.07) is 15.1. The quantitative estimate of drug-likeness (QED) is 0.871. The van der Waals surface area contributed by atoms with E-state index in [0.29, 0.717) is 6.04 Å². The van der Waals surface area contributed by atoms with Crippen molar-refractivity contribution in [2.24, 2.45) is 0 Å². The topological polar surface area (TPSA) is 28.2 Å². The molecule has 0 fully saturated rings. The Labute approximate surface area is 121 Å². The minimum Gasteiger partial charge on any atom is -0.363 e. The molecule has 0 bridgehead atoms. The van der Waals surface area contributed by atoms with Crippen LogP contribution < -0.4 is 10.2 Å². The van der Waals surface area contributed by atoms with E-state index >= 15 is 0 Å². The van der Waals surface area contributed by atoms with E-state index in [1.165, 1.54) is 11.1 Å². The number of nitrogens with zero attached hydrogens (tertiary/aromatic N) is 2. The first-order valence-corrected chi connectivity index (χ1v) is 7.11. The zero-order valence-electron chi connectivity index (χ0n) is 12.5. The molecular formula is C17H23N3. The van der Waals surface area contributed by atoms with Gasteiger partial charge in [0.2, 0.25) is 0 Å². The van der Waals surface area contributed by atoms with Gasteiger partial charge in [0.25, 0.3) is 0 Å². The van der Waals surface area contributed by atoms with Crippen LogP contribution >= 0.6 is 0 Å². The van der Waals surface area contributed by atoms with E-state index in [9.17, 15) is 0 Å². The van der Waals surface area contributed by atoms with Gasteiger partial charge < -0.3 is 10.2 Å². The van der Waals surface area contributed by atoms with Gasteiger partial charge in [0.15, 0.2) is 0 Å². The molecule has 3 nitrogen and oxygen atoms in total. The van der Waals surface area contributed by atoms with Crippen LogP contribution in [0.1, 0.15) is 30.5 Å². The summed E-state index contributed by atoms with van der Waals surface area (Å²) in [6.07, 6.45) is 3.03. The molecule has 0 aliphatic rings. The Morgan fingerprint density at radius 1 is 1.10 bits per heavy atom. The summed E-state index contributed by atoms with van der Waals surface area (Å²) in [7, 11) is 4.01. The van der Waals surface area contributed by atoms with Gasteiger partial charge in [-0.25, -0.2) is 4.98 Å². The molecule has 1 atom stereocenters. The van der Waals surface area contributed by atoms with E-state index in [4.69, 9.17) is 0 Å². The monoisotopic (exact) mass is 269 g/mol. The third kappa shape index (κ3) is 3.81. The molecule has 1 aromatic carbocycles. The zero-order valence-corrected chi connectivity index (χ0v) is 12.5. The average Bonchev–Trinajstić information content (AvgIpc) is 2.49. The lowest BCUT2D eigenvalue weighted by atomic mass is 10.1. The lowest BCUT2D eigenvalue weighted by Crippen LogP contribution is -2.20. The second kappa shape index (κ2) is 7.06. The van der Waals surface area contributed by atoms with E-state index in [1.54, 1.807) is 0 Å². The fourth-order valence-electron chi connectivity index (χ4n) is 2.20. The van der Waals surface area contributed by atoms with Gasteiger partial charge in [0.05, 0.1) is 0 Å². The molecule has 1 unspecified atom stereocenters. The zero-order chi connectivity index (χ0) is 14.4. The fraction of sp³-hybridized carbons (Fsp3) is 0.353. The van der Waals surface area contributed by atoms with E-state index in [1.807, 2.05) is 31.3 Å². The third-order valence-electron chi connectivity index (χ3n) is 3.43. The minimum atomic E-state index is 0.346. The number of hydrogen-bond acceptors (Lipinski definition) is 3. The van der Waals surface area contributed by atoms with Crippen molar-refractivity contribution in [2.75, 3.05) is 19.0 Å². The molecule has 0 aliphatic carbocycles. The molecule has 1 heterocycles. The maximum absolute atomic E-state index is 4.49. The van der Waals surface area contributed by atoms with Crippen molar-refractivity contribution in [1.29, 1.82) is 0 Å². The molecule has 1 N–H and O–H groups in total. The summed E-state index contributed by atoms with van der Waals surface area (Å²) in [5.74, 6) is 0.992. The second-order valence-electron chi connectivity index (χ2n) is 5.17. The van der Waals surface area contributed by atoms with Crippen molar-refractivity contribution >= 4 is 5.82 Å². The van der Waals surface area contributed by atoms with Gasteiger partial charge >= 0.3 is 0 Å². The normalized spacial score (nSPS) is 12.2. The summed E-state index contributed by atoms with van der Waals surface area (Å²) in [5.41, 5.74) is 2.55. The SMILES string of the molecule is CCC(NCc1ccccc1)c1ccc(N(C)C)nc1. The van der Waals surface area contributed by atoms with Gasteiger partial charge in [-0.3, -0.25) is 0 Å². The number of benzene rings is 1. The van der Waals surface area contributed by atoms with Crippen molar-refractivity contribution in [3.63, 3.8) is 0 Å². The Morgan fingerprint density at radius 2 is 1.85 bits per heavy atom. The first-order valence-electron chi connectivity index (χ1n) is 7.11. The Bertz CT molecular complexity index is 506. The number of anilines is 1. The Hall–Kier alpha value is -1.87. The van der Waals surface area contributed by atoms with Crippen molar-refractivity contribution in [2.45, 2.75) is 25.9 Å². The summed E-state index contributed by atoms with van der Waals surface area (Å²) in [4.78, 5) is 6.50. The van der Waals surface area contributed by atoms with E-state index in [2.05, 4.69) is 53.6 Å². The lowest BCUT2D eigenvalue weighted by Gasteiger charge is -2.18. The van der Waals surface area contributed by atoms with Crippen molar-refractivity contribution in [3.8, 4) is 0 Å². The number of hydrogen-bond donors (Lipinski definition) is 1. The van der Waals surface area contributed by atoms with Crippen molar-refractivity contribution in [1.82, 2.24) is 10.3 Å². The summed E-state index contributed by atoms with van der Waals surface area (Å²) >= 11 is 0. The molecule has 0 amide bonds. The van der Waals surface area contributed by atoms with Gasteiger partial charge in [0, 0.05) is 32.9 Å². The van der Waals surface area contributed by atoms with Crippen LogP contribution in [0.4, 0.5) is 5.82 Å². The molecular weight excluding hydrogens is 246 g/mol. The van der Waals surface area contributed by atoms with Crippen molar-refractivity contribution in [3.05, 3.63) is 59.8 Å². The molecule has 0 spiro atoms. The van der Waals surface area contributed by atoms with Crippen LogP contribution in [-0.4, -0.2) is 19.1 Å². The number of aromatic nitrogens is 1. The number of pyridine rings is 1. The smallest absolute Gasteiger partial charge is 0.127 e. The van der Waals surface area contributed by atoms with E-state index in [-0.39, 0.29) is 0 Å². The lowest BCUT2D eigenvalue weighted by molar-refractivity contribution is 0.517. The van der Waals surface area contributed by atoms with Gasteiger partial charge in [0.1, 0.15) is 5.82 Å². The Balaban J connectivity index is 2.01. The largest absolute Gasteiger partial charge is 0.363 e. The Morgan fingerprint density at radius 3 is 2.40 bits per heavy atom. The van der Waals surface area contributed by atoms with E-state index in [0.717, 1.165) is 18.8 Å². The second-order valence-corrected chi connectivity index (χ2v) is 5.17. The number of rotatable bonds is 6. The molecule has 3 heteroatoms. The molecule has 0 radical (unpaired) electrons.